The van der Waals surface area contributed by atoms with Gasteiger partial charge in [-0.3, -0.25) is 9.59 Å². The predicted octanol–water partition coefficient (Wildman–Crippen LogP) is 2.48. The Kier molecular flexibility index (Phi) is 6.22. The normalized spacial score (nSPS) is 18.6. The number of anilines is 1. The lowest BCUT2D eigenvalue weighted by Crippen LogP contribution is -2.58. The van der Waals surface area contributed by atoms with Crippen LogP contribution in [0.1, 0.15) is 12.5 Å². The average molecular weight is 376 g/mol. The molecule has 0 aliphatic carbocycles. The molecule has 1 saturated heterocycles. The molecule has 1 aromatic rings. The molecule has 1 aromatic carbocycles. The first-order chi connectivity index (χ1) is 12.1. The minimum atomic E-state index is -4.31. The Balaban J connectivity index is 1.96. The molecule has 144 valence electrons. The molecule has 0 radical (unpaired) electrons. The molecule has 0 bridgehead atoms. The number of hydrogen-bond acceptors (Lipinski definition) is 3. The standard InChI is InChI=1S/C17H20F4N2O3/c1-11-5-3-4-6-13(11)23-7-12(2)22(8-14(23)24)15(25)9-26-10-17(20,21)16(18)19/h3-6,12,16H,7-10H2,1-2H3. The van der Waals surface area contributed by atoms with Gasteiger partial charge in [0.05, 0.1) is 0 Å². The molecule has 0 N–H and O–H groups in total. The largest absolute Gasteiger partial charge is 0.365 e. The molecule has 5 nitrogen and oxygen atoms in total. The van der Waals surface area contributed by atoms with Gasteiger partial charge in [0.25, 0.3) is 0 Å². The summed E-state index contributed by atoms with van der Waals surface area (Å²) < 4.78 is 54.2. The van der Waals surface area contributed by atoms with Gasteiger partial charge in [0.15, 0.2) is 0 Å². The summed E-state index contributed by atoms with van der Waals surface area (Å²) in [6.45, 7) is 1.24. The molecule has 0 aromatic heterocycles. The number of benzene rings is 1. The first kappa shape index (κ1) is 20.2. The molecule has 1 atom stereocenters. The van der Waals surface area contributed by atoms with Crippen LogP contribution in [0.4, 0.5) is 23.2 Å². The third kappa shape index (κ3) is 4.51. The molecule has 26 heavy (non-hydrogen) atoms. The number of para-hydroxylation sites is 1. The van der Waals surface area contributed by atoms with E-state index in [-0.39, 0.29) is 25.0 Å². The van der Waals surface area contributed by atoms with Crippen LogP contribution >= 0.6 is 0 Å². The summed E-state index contributed by atoms with van der Waals surface area (Å²) in [7, 11) is 0. The van der Waals surface area contributed by atoms with Crippen molar-refractivity contribution in [2.45, 2.75) is 32.2 Å². The van der Waals surface area contributed by atoms with Crippen LogP contribution in [0.5, 0.6) is 0 Å². The zero-order valence-electron chi connectivity index (χ0n) is 14.4. The average Bonchev–Trinajstić information content (AvgIpc) is 2.56. The Bertz CT molecular complexity index is 669. The van der Waals surface area contributed by atoms with Crippen LogP contribution in [0.2, 0.25) is 0 Å². The maximum Gasteiger partial charge on any atom is 0.330 e. The fourth-order valence-electron chi connectivity index (χ4n) is 2.70. The molecule has 9 heteroatoms. The van der Waals surface area contributed by atoms with Crippen molar-refractivity contribution in [2.24, 2.45) is 0 Å². The Morgan fingerprint density at radius 1 is 1.35 bits per heavy atom. The molecule has 1 aliphatic rings. The van der Waals surface area contributed by atoms with Crippen molar-refractivity contribution in [1.29, 1.82) is 0 Å². The fraction of sp³-hybridized carbons (Fsp3) is 0.529. The Morgan fingerprint density at radius 3 is 2.62 bits per heavy atom. The molecule has 1 fully saturated rings. The van der Waals surface area contributed by atoms with Crippen LogP contribution in [0.3, 0.4) is 0 Å². The second-order valence-corrected chi connectivity index (χ2v) is 6.22. The van der Waals surface area contributed by atoms with E-state index in [1.54, 1.807) is 24.0 Å². The number of nitrogens with zero attached hydrogens (tertiary/aromatic N) is 2. The van der Waals surface area contributed by atoms with Crippen LogP contribution in [0.25, 0.3) is 0 Å². The van der Waals surface area contributed by atoms with Crippen LogP contribution in [0, 0.1) is 6.92 Å². The number of amides is 2. The van der Waals surface area contributed by atoms with Crippen LogP contribution in [0.15, 0.2) is 24.3 Å². The van der Waals surface area contributed by atoms with Gasteiger partial charge < -0.3 is 14.5 Å². The van der Waals surface area contributed by atoms with Gasteiger partial charge in [0, 0.05) is 18.3 Å². The quantitative estimate of drug-likeness (QED) is 0.717. The minimum Gasteiger partial charge on any atom is -0.365 e. The van der Waals surface area contributed by atoms with Gasteiger partial charge in [-0.1, -0.05) is 18.2 Å². The number of alkyl halides is 4. The second-order valence-electron chi connectivity index (χ2n) is 6.22. The number of hydrogen-bond donors (Lipinski definition) is 0. The van der Waals surface area contributed by atoms with Crippen molar-refractivity contribution >= 4 is 17.5 Å². The number of carbonyl (C=O) groups is 2. The van der Waals surface area contributed by atoms with Gasteiger partial charge >= 0.3 is 12.3 Å². The molecular formula is C17H20F4N2O3. The van der Waals surface area contributed by atoms with E-state index in [1.165, 1.54) is 4.90 Å². The maximum atomic E-state index is 12.8. The first-order valence-electron chi connectivity index (χ1n) is 8.02. The van der Waals surface area contributed by atoms with Gasteiger partial charge in [0.2, 0.25) is 11.8 Å². The molecule has 0 saturated carbocycles. The Morgan fingerprint density at radius 2 is 2.00 bits per heavy atom. The van der Waals surface area contributed by atoms with Gasteiger partial charge in [-0.05, 0) is 25.5 Å². The minimum absolute atomic E-state index is 0.233. The number of ether oxygens (including phenoxy) is 1. The third-order valence-electron chi connectivity index (χ3n) is 4.15. The van der Waals surface area contributed by atoms with Crippen molar-refractivity contribution in [3.05, 3.63) is 29.8 Å². The fourth-order valence-corrected chi connectivity index (χ4v) is 2.70. The first-order valence-corrected chi connectivity index (χ1v) is 8.02. The van der Waals surface area contributed by atoms with E-state index in [2.05, 4.69) is 4.74 Å². The molecule has 2 amide bonds. The number of carbonyl (C=O) groups excluding carboxylic acids is 2. The van der Waals surface area contributed by atoms with E-state index >= 15 is 0 Å². The number of piperazine rings is 1. The van der Waals surface area contributed by atoms with Crippen molar-refractivity contribution in [3.8, 4) is 0 Å². The van der Waals surface area contributed by atoms with Gasteiger partial charge in [-0.2, -0.15) is 8.78 Å². The van der Waals surface area contributed by atoms with E-state index in [4.69, 9.17) is 0 Å². The highest BCUT2D eigenvalue weighted by Crippen LogP contribution is 2.25. The van der Waals surface area contributed by atoms with Crippen LogP contribution in [-0.4, -0.2) is 61.4 Å². The van der Waals surface area contributed by atoms with E-state index in [0.717, 1.165) is 11.3 Å². The Hall–Kier alpha value is -2.16. The summed E-state index contributed by atoms with van der Waals surface area (Å²) in [6, 6.07) is 6.93. The highest BCUT2D eigenvalue weighted by atomic mass is 19.3. The molecule has 1 aliphatic heterocycles. The van der Waals surface area contributed by atoms with E-state index in [0.29, 0.717) is 0 Å². The predicted molar refractivity (Wildman–Crippen MR) is 86.5 cm³/mol. The lowest BCUT2D eigenvalue weighted by molar-refractivity contribution is -0.172. The monoisotopic (exact) mass is 376 g/mol. The van der Waals surface area contributed by atoms with Crippen LogP contribution < -0.4 is 4.90 Å². The van der Waals surface area contributed by atoms with Crippen molar-refractivity contribution < 1.29 is 31.9 Å². The summed E-state index contributed by atoms with van der Waals surface area (Å²) in [5.74, 6) is -5.32. The molecule has 1 unspecified atom stereocenters. The number of halogens is 4. The summed E-state index contributed by atoms with van der Waals surface area (Å²) in [5, 5.41) is 0. The Labute approximate surface area is 148 Å². The second kappa shape index (κ2) is 8.03. The topological polar surface area (TPSA) is 49.9 Å². The molecule has 0 spiro atoms. The summed E-state index contributed by atoms with van der Waals surface area (Å²) in [4.78, 5) is 27.3. The van der Waals surface area contributed by atoms with Gasteiger partial charge in [-0.15, -0.1) is 0 Å². The molecule has 1 heterocycles. The number of rotatable bonds is 6. The molecular weight excluding hydrogens is 356 g/mol. The van der Waals surface area contributed by atoms with Crippen molar-refractivity contribution in [2.75, 3.05) is 31.2 Å². The van der Waals surface area contributed by atoms with Gasteiger partial charge in [0.1, 0.15) is 19.8 Å². The summed E-state index contributed by atoms with van der Waals surface area (Å²) >= 11 is 0. The SMILES string of the molecule is Cc1ccccc1N1CC(C)N(C(=O)COCC(F)(F)C(F)F)CC1=O. The van der Waals surface area contributed by atoms with Crippen molar-refractivity contribution in [3.63, 3.8) is 0 Å². The lowest BCUT2D eigenvalue weighted by atomic mass is 10.1. The highest BCUT2D eigenvalue weighted by molar-refractivity contribution is 5.98. The van der Waals surface area contributed by atoms with E-state index < -0.39 is 31.5 Å². The molecule has 2 rings (SSSR count). The summed E-state index contributed by atoms with van der Waals surface area (Å²) in [6.07, 6.45) is -3.87. The smallest absolute Gasteiger partial charge is 0.330 e. The van der Waals surface area contributed by atoms with Crippen molar-refractivity contribution in [1.82, 2.24) is 4.90 Å². The zero-order chi connectivity index (χ0) is 19.5. The summed E-state index contributed by atoms with van der Waals surface area (Å²) in [5.41, 5.74) is 1.65. The number of aryl methyl sites for hydroxylation is 1. The van der Waals surface area contributed by atoms with E-state index in [1.807, 2.05) is 19.1 Å². The maximum absolute atomic E-state index is 12.8. The van der Waals surface area contributed by atoms with Gasteiger partial charge in [-0.25, -0.2) is 8.78 Å². The van der Waals surface area contributed by atoms with E-state index in [9.17, 15) is 27.2 Å². The third-order valence-corrected chi connectivity index (χ3v) is 4.15. The lowest BCUT2D eigenvalue weighted by Gasteiger charge is -2.39. The zero-order valence-corrected chi connectivity index (χ0v) is 14.4. The highest BCUT2D eigenvalue weighted by Gasteiger charge is 2.41. The van der Waals surface area contributed by atoms with Crippen LogP contribution in [-0.2, 0) is 14.3 Å².